The van der Waals surface area contributed by atoms with Gasteiger partial charge in [0, 0.05) is 26.2 Å². The quantitative estimate of drug-likeness (QED) is 0.845. The number of carbonyl (C=O) groups is 1. The summed E-state index contributed by atoms with van der Waals surface area (Å²) in [6, 6.07) is 5.38. The summed E-state index contributed by atoms with van der Waals surface area (Å²) in [6.07, 6.45) is -0.832. The first-order valence-electron chi connectivity index (χ1n) is 6.53. The molecule has 3 rings (SSSR count). The highest BCUT2D eigenvalue weighted by Gasteiger charge is 2.18. The number of aromatic amines is 1. The maximum atomic E-state index is 10.9. The van der Waals surface area contributed by atoms with Crippen molar-refractivity contribution >= 4 is 23.1 Å². The van der Waals surface area contributed by atoms with Crippen LogP contribution in [0.15, 0.2) is 18.2 Å². The number of hydrogen-bond acceptors (Lipinski definition) is 5. The molecule has 0 atom stereocenters. The number of nitrogens with zero attached hydrogens (tertiary/aromatic N) is 3. The highest BCUT2D eigenvalue weighted by Crippen LogP contribution is 2.26. The summed E-state index contributed by atoms with van der Waals surface area (Å²) in [5, 5.41) is 0. The van der Waals surface area contributed by atoms with Gasteiger partial charge in [0.25, 0.3) is 0 Å². The predicted molar refractivity (Wildman–Crippen MR) is 76.0 cm³/mol. The highest BCUT2D eigenvalue weighted by atomic mass is 16.5. The van der Waals surface area contributed by atoms with Crippen LogP contribution in [-0.2, 0) is 0 Å². The summed E-state index contributed by atoms with van der Waals surface area (Å²) < 4.78 is 4.97. The molecular formula is C13H17N5O2. The van der Waals surface area contributed by atoms with Crippen molar-refractivity contribution in [2.24, 2.45) is 5.73 Å². The van der Waals surface area contributed by atoms with Crippen LogP contribution in [0.25, 0.3) is 11.0 Å². The van der Waals surface area contributed by atoms with Gasteiger partial charge in [-0.2, -0.15) is 0 Å². The Bertz CT molecular complexity index is 631. The van der Waals surface area contributed by atoms with Crippen molar-refractivity contribution in [1.82, 2.24) is 14.9 Å². The Balaban J connectivity index is 1.92. The lowest BCUT2D eigenvalue weighted by Crippen LogP contribution is -2.44. The second-order valence-electron chi connectivity index (χ2n) is 4.92. The van der Waals surface area contributed by atoms with E-state index in [-0.39, 0.29) is 0 Å². The lowest BCUT2D eigenvalue weighted by Gasteiger charge is -2.32. The molecule has 0 spiro atoms. The number of H-pyrrole nitrogens is 1. The van der Waals surface area contributed by atoms with Crippen LogP contribution in [0.2, 0.25) is 0 Å². The fourth-order valence-electron chi connectivity index (χ4n) is 2.35. The van der Waals surface area contributed by atoms with E-state index in [0.717, 1.165) is 37.6 Å². The number of anilines is 1. The number of nitrogens with two attached hydrogens (primary N) is 1. The summed E-state index contributed by atoms with van der Waals surface area (Å²) in [5.74, 6) is 1.18. The molecule has 0 bridgehead atoms. The molecule has 0 unspecified atom stereocenters. The van der Waals surface area contributed by atoms with Gasteiger partial charge >= 0.3 is 6.09 Å². The second kappa shape index (κ2) is 5.01. The van der Waals surface area contributed by atoms with E-state index in [2.05, 4.69) is 26.8 Å². The van der Waals surface area contributed by atoms with E-state index < -0.39 is 6.09 Å². The molecule has 0 aliphatic carbocycles. The molecular weight excluding hydrogens is 258 g/mol. The number of hydrogen-bond donors (Lipinski definition) is 2. The van der Waals surface area contributed by atoms with Crippen LogP contribution < -0.4 is 15.4 Å². The number of amides is 1. The van der Waals surface area contributed by atoms with E-state index in [0.29, 0.717) is 11.3 Å². The average Bonchev–Trinajstić information content (AvgIpc) is 2.84. The Hall–Kier alpha value is -2.28. The van der Waals surface area contributed by atoms with E-state index in [4.69, 9.17) is 10.5 Å². The molecule has 1 amide bonds. The second-order valence-corrected chi connectivity index (χ2v) is 4.92. The van der Waals surface area contributed by atoms with Crippen LogP contribution in [-0.4, -0.2) is 54.2 Å². The van der Waals surface area contributed by atoms with Gasteiger partial charge < -0.3 is 25.3 Å². The van der Waals surface area contributed by atoms with Gasteiger partial charge in [-0.3, -0.25) is 0 Å². The monoisotopic (exact) mass is 275 g/mol. The van der Waals surface area contributed by atoms with Gasteiger partial charge in [-0.1, -0.05) is 6.07 Å². The van der Waals surface area contributed by atoms with E-state index >= 15 is 0 Å². The molecule has 1 aromatic carbocycles. The number of carbonyl (C=O) groups excluding carboxylic acids is 1. The van der Waals surface area contributed by atoms with Crippen LogP contribution in [0.4, 0.5) is 10.7 Å². The molecule has 3 N–H and O–H groups in total. The minimum absolute atomic E-state index is 0.381. The maximum absolute atomic E-state index is 10.9. The van der Waals surface area contributed by atoms with Crippen molar-refractivity contribution in [2.45, 2.75) is 0 Å². The topological polar surface area (TPSA) is 87.5 Å². The SMILES string of the molecule is CN1CCN(c2nc3c(OC(N)=O)cccc3[nH]2)CC1. The Morgan fingerprint density at radius 3 is 2.80 bits per heavy atom. The lowest BCUT2D eigenvalue weighted by atomic mass is 10.3. The summed E-state index contributed by atoms with van der Waals surface area (Å²) in [5.41, 5.74) is 6.52. The molecule has 7 heteroatoms. The normalized spacial score (nSPS) is 16.6. The molecule has 106 valence electrons. The number of imidazole rings is 1. The van der Waals surface area contributed by atoms with Gasteiger partial charge in [0.2, 0.25) is 5.95 Å². The van der Waals surface area contributed by atoms with Gasteiger partial charge in [-0.25, -0.2) is 9.78 Å². The Kier molecular flexibility index (Phi) is 3.19. The van der Waals surface area contributed by atoms with Crippen molar-refractivity contribution < 1.29 is 9.53 Å². The van der Waals surface area contributed by atoms with E-state index in [1.807, 2.05) is 6.07 Å². The average molecular weight is 275 g/mol. The smallest absolute Gasteiger partial charge is 0.408 e. The third-order valence-corrected chi connectivity index (χ3v) is 3.48. The highest BCUT2D eigenvalue weighted by molar-refractivity contribution is 5.86. The molecule has 1 aliphatic rings. The molecule has 2 heterocycles. The number of ether oxygens (including phenoxy) is 1. The standard InChI is InChI=1S/C13H17N5O2/c1-17-5-7-18(8-6-17)13-15-9-3-2-4-10(11(9)16-13)20-12(14)19/h2-4H,5-8H2,1H3,(H2,14,19)(H,15,16). The minimum atomic E-state index is -0.832. The predicted octanol–water partition coefficient (Wildman–Crippen LogP) is 0.772. The molecule has 1 aromatic heterocycles. The number of benzene rings is 1. The Morgan fingerprint density at radius 1 is 1.35 bits per heavy atom. The number of fused-ring (bicyclic) bond motifs is 1. The van der Waals surface area contributed by atoms with Crippen molar-refractivity contribution in [3.63, 3.8) is 0 Å². The molecule has 0 radical (unpaired) electrons. The van der Waals surface area contributed by atoms with E-state index in [1.165, 1.54) is 0 Å². The van der Waals surface area contributed by atoms with Crippen molar-refractivity contribution in [2.75, 3.05) is 38.1 Å². The molecule has 1 saturated heterocycles. The van der Waals surface area contributed by atoms with Crippen molar-refractivity contribution in [3.8, 4) is 5.75 Å². The van der Waals surface area contributed by atoms with Gasteiger partial charge in [-0.05, 0) is 19.2 Å². The van der Waals surface area contributed by atoms with Crippen LogP contribution >= 0.6 is 0 Å². The van der Waals surface area contributed by atoms with Gasteiger partial charge in [0.15, 0.2) is 5.75 Å². The third kappa shape index (κ3) is 2.39. The number of likely N-dealkylation sites (N-methyl/N-ethyl adjacent to an activating group) is 1. The number of nitrogens with one attached hydrogen (secondary N) is 1. The minimum Gasteiger partial charge on any atom is -0.408 e. The number of aromatic nitrogens is 2. The van der Waals surface area contributed by atoms with Gasteiger partial charge in [0.05, 0.1) is 5.52 Å². The molecule has 1 aliphatic heterocycles. The number of piperazine rings is 1. The number of rotatable bonds is 2. The summed E-state index contributed by atoms with van der Waals surface area (Å²) in [7, 11) is 2.11. The molecule has 0 saturated carbocycles. The third-order valence-electron chi connectivity index (χ3n) is 3.48. The first-order chi connectivity index (χ1) is 9.63. The zero-order valence-electron chi connectivity index (χ0n) is 11.3. The Morgan fingerprint density at radius 2 is 2.10 bits per heavy atom. The molecule has 7 nitrogen and oxygen atoms in total. The number of primary amides is 1. The molecule has 1 fully saturated rings. The molecule has 20 heavy (non-hydrogen) atoms. The summed E-state index contributed by atoms with van der Waals surface area (Å²) in [4.78, 5) is 23.2. The number of para-hydroxylation sites is 1. The summed E-state index contributed by atoms with van der Waals surface area (Å²) >= 11 is 0. The van der Waals surface area contributed by atoms with Gasteiger partial charge in [0.1, 0.15) is 5.52 Å². The molecule has 2 aromatic rings. The van der Waals surface area contributed by atoms with Gasteiger partial charge in [-0.15, -0.1) is 0 Å². The maximum Gasteiger partial charge on any atom is 0.410 e. The lowest BCUT2D eigenvalue weighted by molar-refractivity contribution is 0.211. The zero-order valence-corrected chi connectivity index (χ0v) is 11.3. The van der Waals surface area contributed by atoms with E-state index in [9.17, 15) is 4.79 Å². The van der Waals surface area contributed by atoms with Crippen molar-refractivity contribution in [1.29, 1.82) is 0 Å². The van der Waals surface area contributed by atoms with Crippen LogP contribution in [0, 0.1) is 0 Å². The summed E-state index contributed by atoms with van der Waals surface area (Å²) in [6.45, 7) is 3.84. The first-order valence-corrected chi connectivity index (χ1v) is 6.53. The van der Waals surface area contributed by atoms with Crippen LogP contribution in [0.3, 0.4) is 0 Å². The fraction of sp³-hybridized carbons (Fsp3) is 0.385. The fourth-order valence-corrected chi connectivity index (χ4v) is 2.35. The van der Waals surface area contributed by atoms with Crippen LogP contribution in [0.5, 0.6) is 5.75 Å². The largest absolute Gasteiger partial charge is 0.410 e. The van der Waals surface area contributed by atoms with E-state index in [1.54, 1.807) is 12.1 Å². The zero-order chi connectivity index (χ0) is 14.1. The van der Waals surface area contributed by atoms with Crippen molar-refractivity contribution in [3.05, 3.63) is 18.2 Å². The first kappa shape index (κ1) is 12.7. The van der Waals surface area contributed by atoms with Crippen LogP contribution in [0.1, 0.15) is 0 Å². The Labute approximate surface area is 116 Å².